The monoisotopic (exact) mass is 224 g/mol. The number of ether oxygens (including phenoxy) is 2. The first kappa shape index (κ1) is 14.2. The molecular formula is C12H16O4. The van der Waals surface area contributed by atoms with E-state index in [0.29, 0.717) is 5.57 Å². The fourth-order valence-electron chi connectivity index (χ4n) is 1.39. The number of carbonyl (C=O) groups is 2. The van der Waals surface area contributed by atoms with Crippen LogP contribution < -0.4 is 0 Å². The van der Waals surface area contributed by atoms with E-state index in [1.54, 1.807) is 13.8 Å². The Morgan fingerprint density at radius 3 is 1.94 bits per heavy atom. The maximum absolute atomic E-state index is 11.7. The van der Waals surface area contributed by atoms with E-state index in [9.17, 15) is 9.59 Å². The lowest BCUT2D eigenvalue weighted by Gasteiger charge is -2.22. The summed E-state index contributed by atoms with van der Waals surface area (Å²) >= 11 is 0. The van der Waals surface area contributed by atoms with Crippen molar-refractivity contribution in [1.82, 2.24) is 0 Å². The maximum Gasteiger partial charge on any atom is 0.335 e. The molecule has 0 aromatic carbocycles. The molecule has 0 heterocycles. The molecule has 0 radical (unpaired) electrons. The summed E-state index contributed by atoms with van der Waals surface area (Å²) in [5, 5.41) is 0. The standard InChI is InChI=1S/C12H16O4/c1-6-7-12(8-9(2)3,10(13)15-4)11(14)16-5/h2,8H2,1,3-5H3. The molecule has 0 aromatic heterocycles. The van der Waals surface area contributed by atoms with Crippen LogP contribution in [0.5, 0.6) is 0 Å². The third-order valence-electron chi connectivity index (χ3n) is 1.97. The smallest absolute Gasteiger partial charge is 0.335 e. The van der Waals surface area contributed by atoms with Crippen molar-refractivity contribution < 1.29 is 19.1 Å². The quantitative estimate of drug-likeness (QED) is 0.313. The van der Waals surface area contributed by atoms with Crippen LogP contribution in [0.4, 0.5) is 0 Å². The van der Waals surface area contributed by atoms with Gasteiger partial charge in [0.05, 0.1) is 14.2 Å². The highest BCUT2D eigenvalue weighted by atomic mass is 16.5. The Balaban J connectivity index is 5.53. The van der Waals surface area contributed by atoms with Crippen LogP contribution in [-0.2, 0) is 19.1 Å². The van der Waals surface area contributed by atoms with Crippen molar-refractivity contribution in [2.75, 3.05) is 14.2 Å². The molecule has 0 fully saturated rings. The summed E-state index contributed by atoms with van der Waals surface area (Å²) in [6.07, 6.45) is 0.0905. The first-order valence-corrected chi connectivity index (χ1v) is 4.69. The second-order valence-electron chi connectivity index (χ2n) is 3.40. The molecule has 0 unspecified atom stereocenters. The van der Waals surface area contributed by atoms with Gasteiger partial charge in [-0.25, -0.2) is 9.59 Å². The van der Waals surface area contributed by atoms with Crippen molar-refractivity contribution in [3.8, 4) is 11.8 Å². The zero-order valence-electron chi connectivity index (χ0n) is 10.0. The molecule has 0 atom stereocenters. The first-order chi connectivity index (χ1) is 7.44. The summed E-state index contributed by atoms with van der Waals surface area (Å²) in [6, 6.07) is 0. The number of hydrogen-bond donors (Lipinski definition) is 0. The normalized spacial score (nSPS) is 9.75. The van der Waals surface area contributed by atoms with E-state index >= 15 is 0 Å². The van der Waals surface area contributed by atoms with Crippen molar-refractivity contribution in [3.63, 3.8) is 0 Å². The van der Waals surface area contributed by atoms with E-state index in [1.165, 1.54) is 14.2 Å². The minimum atomic E-state index is -1.59. The van der Waals surface area contributed by atoms with Gasteiger partial charge < -0.3 is 9.47 Å². The zero-order valence-corrected chi connectivity index (χ0v) is 10.0. The molecule has 16 heavy (non-hydrogen) atoms. The molecular weight excluding hydrogens is 208 g/mol. The first-order valence-electron chi connectivity index (χ1n) is 4.69. The van der Waals surface area contributed by atoms with Crippen LogP contribution in [-0.4, -0.2) is 26.2 Å². The Bertz CT molecular complexity index is 341. The lowest BCUT2D eigenvalue weighted by molar-refractivity contribution is -0.164. The van der Waals surface area contributed by atoms with Gasteiger partial charge in [0.2, 0.25) is 5.41 Å². The summed E-state index contributed by atoms with van der Waals surface area (Å²) < 4.78 is 9.22. The van der Waals surface area contributed by atoms with Gasteiger partial charge in [0.1, 0.15) is 0 Å². The maximum atomic E-state index is 11.7. The topological polar surface area (TPSA) is 52.6 Å². The molecule has 88 valence electrons. The predicted octanol–water partition coefficient (Wildman–Crippen LogP) is 1.31. The molecule has 0 saturated carbocycles. The number of allylic oxidation sites excluding steroid dienone is 1. The van der Waals surface area contributed by atoms with Crippen LogP contribution in [0.15, 0.2) is 12.2 Å². The van der Waals surface area contributed by atoms with Gasteiger partial charge in [0.15, 0.2) is 0 Å². The molecule has 0 aliphatic rings. The van der Waals surface area contributed by atoms with E-state index < -0.39 is 17.4 Å². The van der Waals surface area contributed by atoms with Crippen LogP contribution in [0.2, 0.25) is 0 Å². The molecule has 0 saturated heterocycles. The number of esters is 2. The summed E-state index contributed by atoms with van der Waals surface area (Å²) in [5.41, 5.74) is -0.942. The molecule has 0 rings (SSSR count). The van der Waals surface area contributed by atoms with E-state index in [-0.39, 0.29) is 6.42 Å². The number of rotatable bonds is 4. The van der Waals surface area contributed by atoms with E-state index in [0.717, 1.165) is 0 Å². The zero-order chi connectivity index (χ0) is 12.8. The van der Waals surface area contributed by atoms with Crippen molar-refractivity contribution in [2.24, 2.45) is 5.41 Å². The lowest BCUT2D eigenvalue weighted by atomic mass is 9.82. The van der Waals surface area contributed by atoms with Crippen LogP contribution in [0.3, 0.4) is 0 Å². The molecule has 0 aliphatic heterocycles. The third-order valence-corrected chi connectivity index (χ3v) is 1.97. The highest BCUT2D eigenvalue weighted by Crippen LogP contribution is 2.28. The Hall–Kier alpha value is -1.76. The van der Waals surface area contributed by atoms with E-state index in [1.807, 2.05) is 0 Å². The van der Waals surface area contributed by atoms with E-state index in [2.05, 4.69) is 27.9 Å². The highest BCUT2D eigenvalue weighted by molar-refractivity contribution is 6.03. The van der Waals surface area contributed by atoms with Crippen LogP contribution in [0.25, 0.3) is 0 Å². The molecule has 0 aromatic rings. The predicted molar refractivity (Wildman–Crippen MR) is 59.3 cm³/mol. The van der Waals surface area contributed by atoms with Crippen molar-refractivity contribution in [3.05, 3.63) is 12.2 Å². The molecule has 0 spiro atoms. The highest BCUT2D eigenvalue weighted by Gasteiger charge is 2.47. The SMILES string of the molecule is C=C(C)CC(C#CC)(C(=O)OC)C(=O)OC. The molecule has 4 nitrogen and oxygen atoms in total. The van der Waals surface area contributed by atoms with Crippen LogP contribution >= 0.6 is 0 Å². The van der Waals surface area contributed by atoms with Crippen molar-refractivity contribution in [2.45, 2.75) is 20.3 Å². The average molecular weight is 224 g/mol. The molecule has 4 heteroatoms. The summed E-state index contributed by atoms with van der Waals surface area (Å²) in [4.78, 5) is 23.4. The number of methoxy groups -OCH3 is 2. The van der Waals surface area contributed by atoms with Gasteiger partial charge in [0, 0.05) is 6.42 Å². The molecule has 0 N–H and O–H groups in total. The van der Waals surface area contributed by atoms with Gasteiger partial charge in [-0.3, -0.25) is 0 Å². The fraction of sp³-hybridized carbons (Fsp3) is 0.500. The Labute approximate surface area is 95.6 Å². The van der Waals surface area contributed by atoms with Gasteiger partial charge in [-0.15, -0.1) is 12.5 Å². The Morgan fingerprint density at radius 1 is 1.25 bits per heavy atom. The van der Waals surface area contributed by atoms with Gasteiger partial charge in [-0.1, -0.05) is 11.5 Å². The van der Waals surface area contributed by atoms with Gasteiger partial charge in [0.25, 0.3) is 0 Å². The summed E-state index contributed by atoms with van der Waals surface area (Å²) in [6.45, 7) is 6.92. The molecule has 0 bridgehead atoms. The van der Waals surface area contributed by atoms with Crippen molar-refractivity contribution >= 4 is 11.9 Å². The summed E-state index contributed by atoms with van der Waals surface area (Å²) in [5.74, 6) is 3.67. The molecule has 0 amide bonds. The van der Waals surface area contributed by atoms with Gasteiger partial charge in [-0.05, 0) is 13.8 Å². The summed E-state index contributed by atoms with van der Waals surface area (Å²) in [7, 11) is 2.41. The minimum absolute atomic E-state index is 0.0905. The second-order valence-corrected chi connectivity index (χ2v) is 3.40. The van der Waals surface area contributed by atoms with Gasteiger partial charge >= 0.3 is 11.9 Å². The largest absolute Gasteiger partial charge is 0.467 e. The third kappa shape index (κ3) is 2.86. The minimum Gasteiger partial charge on any atom is -0.467 e. The lowest BCUT2D eigenvalue weighted by Crippen LogP contribution is -2.40. The second kappa shape index (κ2) is 5.96. The number of hydrogen-bond acceptors (Lipinski definition) is 4. The van der Waals surface area contributed by atoms with Gasteiger partial charge in [-0.2, -0.15) is 0 Å². The van der Waals surface area contributed by atoms with Crippen LogP contribution in [0, 0.1) is 17.3 Å². The number of carbonyl (C=O) groups excluding carboxylic acids is 2. The van der Waals surface area contributed by atoms with Crippen LogP contribution in [0.1, 0.15) is 20.3 Å². The molecule has 0 aliphatic carbocycles. The Kier molecular flexibility index (Phi) is 5.31. The fourth-order valence-corrected chi connectivity index (χ4v) is 1.39. The van der Waals surface area contributed by atoms with Crippen molar-refractivity contribution in [1.29, 1.82) is 0 Å². The Morgan fingerprint density at radius 2 is 1.69 bits per heavy atom. The average Bonchev–Trinajstić information content (AvgIpc) is 2.25. The van der Waals surface area contributed by atoms with E-state index in [4.69, 9.17) is 0 Å².